The number of H-pyrrole nitrogens is 1. The molecule has 5 rings (SSSR count). The van der Waals surface area contributed by atoms with Crippen molar-refractivity contribution >= 4 is 28.0 Å². The third-order valence-corrected chi connectivity index (χ3v) is 6.06. The van der Waals surface area contributed by atoms with Crippen molar-refractivity contribution in [1.82, 2.24) is 0 Å². The first-order valence-corrected chi connectivity index (χ1v) is 11.1. The quantitative estimate of drug-likeness (QED) is 0.397. The molecule has 5 aromatic rings. The summed E-state index contributed by atoms with van der Waals surface area (Å²) in [4.78, 5) is 3.03. The smallest absolute Gasteiger partial charge is 0.176 e. The average molecular weight is 413 g/mol. The van der Waals surface area contributed by atoms with Crippen LogP contribution in [0, 0.1) is 6.92 Å². The molecule has 0 atom stereocenters. The van der Waals surface area contributed by atoms with Crippen molar-refractivity contribution in [3.8, 4) is 0 Å². The molecule has 1 heterocycles. The zero-order chi connectivity index (χ0) is 22.1. The number of benzene rings is 4. The van der Waals surface area contributed by atoms with Gasteiger partial charge in [-0.2, -0.15) is 21.9 Å². The monoisotopic (exact) mass is 413 g/mol. The molecule has 0 fully saturated rings. The van der Waals surface area contributed by atoms with Gasteiger partial charge in [0.15, 0.2) is 11.9 Å². The van der Waals surface area contributed by atoms with Crippen LogP contribution in [0.15, 0.2) is 146 Å². The average Bonchev–Trinajstić information content (AvgIpc) is 2.88. The standard InChI is InChI=1S/C24H20B.C6H7N/c1-5-13-21(14-6-1)25(22-15-7-2-8-16-22,23-17-9-3-10-18-23)24-19-11-4-12-20-24;1-6-4-2-3-5-7-6/h1-20H;2-5H,1H3/q-1;/p+1. The zero-order valence-corrected chi connectivity index (χ0v) is 18.4. The van der Waals surface area contributed by atoms with E-state index in [0.717, 1.165) is 0 Å². The Balaban J connectivity index is 0.000000300. The molecule has 0 bridgehead atoms. The summed E-state index contributed by atoms with van der Waals surface area (Å²) < 4.78 is 0. The Kier molecular flexibility index (Phi) is 6.94. The summed E-state index contributed by atoms with van der Waals surface area (Å²) in [7, 11) is 0. The molecule has 0 aliphatic rings. The van der Waals surface area contributed by atoms with E-state index in [1.54, 1.807) is 0 Å². The Morgan fingerprint density at radius 1 is 0.406 bits per heavy atom. The first kappa shape index (κ1) is 21.3. The van der Waals surface area contributed by atoms with Gasteiger partial charge < -0.3 is 0 Å². The van der Waals surface area contributed by atoms with Crippen molar-refractivity contribution in [2.45, 2.75) is 6.92 Å². The molecule has 32 heavy (non-hydrogen) atoms. The van der Waals surface area contributed by atoms with Gasteiger partial charge in [-0.1, -0.05) is 127 Å². The highest BCUT2D eigenvalue weighted by Crippen LogP contribution is 2.09. The lowest BCUT2D eigenvalue weighted by atomic mass is 9.13. The Hall–Kier alpha value is -3.91. The van der Waals surface area contributed by atoms with Crippen molar-refractivity contribution in [1.29, 1.82) is 0 Å². The Labute approximate surface area is 191 Å². The van der Waals surface area contributed by atoms with Crippen LogP contribution in [0.2, 0.25) is 0 Å². The summed E-state index contributed by atoms with van der Waals surface area (Å²) in [6.07, 6.45) is 0.696. The van der Waals surface area contributed by atoms with Crippen LogP contribution >= 0.6 is 0 Å². The van der Waals surface area contributed by atoms with Gasteiger partial charge in [-0.15, -0.1) is 0 Å². The highest BCUT2D eigenvalue weighted by Gasteiger charge is 2.30. The van der Waals surface area contributed by atoms with Gasteiger partial charge in [0.25, 0.3) is 0 Å². The topological polar surface area (TPSA) is 14.1 Å². The van der Waals surface area contributed by atoms with Crippen LogP contribution in [0.3, 0.4) is 0 Å². The third-order valence-electron chi connectivity index (χ3n) is 6.06. The minimum Gasteiger partial charge on any atom is -0.215 e. The summed E-state index contributed by atoms with van der Waals surface area (Å²) in [6.45, 7) is 2.03. The second kappa shape index (κ2) is 10.4. The molecule has 0 aliphatic heterocycles. The second-order valence-electron chi connectivity index (χ2n) is 8.05. The minimum atomic E-state index is -1.22. The summed E-state index contributed by atoms with van der Waals surface area (Å²) in [6, 6.07) is 49.5. The van der Waals surface area contributed by atoms with Crippen LogP contribution < -0.4 is 26.8 Å². The first-order chi connectivity index (χ1) is 15.8. The number of aromatic amines is 1. The predicted molar refractivity (Wildman–Crippen MR) is 138 cm³/mol. The molecule has 0 radical (unpaired) electrons. The van der Waals surface area contributed by atoms with E-state index in [1.165, 1.54) is 27.5 Å². The van der Waals surface area contributed by atoms with Gasteiger partial charge in [0.1, 0.15) is 6.15 Å². The molecule has 0 saturated heterocycles. The summed E-state index contributed by atoms with van der Waals surface area (Å²) in [5, 5.41) is 0. The minimum absolute atomic E-state index is 1.20. The Bertz CT molecular complexity index is 1030. The fourth-order valence-corrected chi connectivity index (χ4v) is 4.60. The lowest BCUT2D eigenvalue weighted by Crippen LogP contribution is -2.74. The molecular formula is C30H28BN. The predicted octanol–water partition coefficient (Wildman–Crippen LogP) is 3.87. The SMILES string of the molecule is Cc1cccc[nH+]1.c1ccc([B-](c2ccccc2)(c2ccccc2)c2ccccc2)cc1. The van der Waals surface area contributed by atoms with Crippen LogP contribution in [-0.4, -0.2) is 6.15 Å². The molecule has 0 unspecified atom stereocenters. The summed E-state index contributed by atoms with van der Waals surface area (Å²) in [5.41, 5.74) is 6.55. The third kappa shape index (κ3) is 4.55. The van der Waals surface area contributed by atoms with Crippen molar-refractivity contribution < 1.29 is 4.98 Å². The number of rotatable bonds is 4. The van der Waals surface area contributed by atoms with Gasteiger partial charge in [0.2, 0.25) is 0 Å². The largest absolute Gasteiger partial charge is 0.215 e. The highest BCUT2D eigenvalue weighted by molar-refractivity contribution is 7.19. The van der Waals surface area contributed by atoms with E-state index < -0.39 is 6.15 Å². The zero-order valence-electron chi connectivity index (χ0n) is 18.4. The van der Waals surface area contributed by atoms with Crippen molar-refractivity contribution in [2.24, 2.45) is 0 Å². The molecule has 156 valence electrons. The maximum absolute atomic E-state index is 3.03. The van der Waals surface area contributed by atoms with Gasteiger partial charge in [-0.05, 0) is 0 Å². The van der Waals surface area contributed by atoms with E-state index in [-0.39, 0.29) is 0 Å². The van der Waals surface area contributed by atoms with Crippen LogP contribution in [-0.2, 0) is 0 Å². The van der Waals surface area contributed by atoms with Crippen LogP contribution in [0.5, 0.6) is 0 Å². The number of aromatic nitrogens is 1. The lowest BCUT2D eigenvalue weighted by molar-refractivity contribution is -0.387. The van der Waals surface area contributed by atoms with Crippen molar-refractivity contribution in [3.05, 3.63) is 151 Å². The second-order valence-corrected chi connectivity index (χ2v) is 8.05. The van der Waals surface area contributed by atoms with Gasteiger partial charge in [-0.3, -0.25) is 0 Å². The summed E-state index contributed by atoms with van der Waals surface area (Å²) >= 11 is 0. The molecule has 2 heteroatoms. The van der Waals surface area contributed by atoms with Gasteiger partial charge in [0.05, 0.1) is 0 Å². The fraction of sp³-hybridized carbons (Fsp3) is 0.0333. The molecule has 0 spiro atoms. The van der Waals surface area contributed by atoms with Crippen LogP contribution in [0.25, 0.3) is 0 Å². The van der Waals surface area contributed by atoms with Crippen LogP contribution in [0.1, 0.15) is 5.69 Å². The van der Waals surface area contributed by atoms with E-state index in [1.807, 2.05) is 31.3 Å². The first-order valence-electron chi connectivity index (χ1n) is 11.1. The van der Waals surface area contributed by atoms with E-state index in [0.29, 0.717) is 0 Å². The molecule has 0 aliphatic carbocycles. The molecule has 0 saturated carbocycles. The van der Waals surface area contributed by atoms with E-state index >= 15 is 0 Å². The van der Waals surface area contributed by atoms with Crippen LogP contribution in [0.4, 0.5) is 0 Å². The molecule has 1 nitrogen and oxygen atoms in total. The maximum Gasteiger partial charge on any atom is 0.176 e. The molecule has 4 aromatic carbocycles. The maximum atomic E-state index is 3.03. The Morgan fingerprint density at radius 3 is 0.938 bits per heavy atom. The summed E-state index contributed by atoms with van der Waals surface area (Å²) in [5.74, 6) is 0. The van der Waals surface area contributed by atoms with E-state index in [9.17, 15) is 0 Å². The fourth-order valence-electron chi connectivity index (χ4n) is 4.60. The number of aryl methyl sites for hydroxylation is 1. The number of nitrogens with one attached hydrogen (secondary N) is 1. The highest BCUT2D eigenvalue weighted by atomic mass is 14.6. The van der Waals surface area contributed by atoms with Crippen molar-refractivity contribution in [3.63, 3.8) is 0 Å². The molecule has 1 N–H and O–H groups in total. The lowest BCUT2D eigenvalue weighted by Gasteiger charge is -2.44. The normalized spacial score (nSPS) is 10.7. The van der Waals surface area contributed by atoms with Crippen molar-refractivity contribution in [2.75, 3.05) is 0 Å². The van der Waals surface area contributed by atoms with E-state index in [2.05, 4.69) is 126 Å². The van der Waals surface area contributed by atoms with Gasteiger partial charge >= 0.3 is 0 Å². The Morgan fingerprint density at radius 2 is 0.719 bits per heavy atom. The van der Waals surface area contributed by atoms with Gasteiger partial charge in [0, 0.05) is 19.1 Å². The number of hydrogen-bond donors (Lipinski definition) is 0. The van der Waals surface area contributed by atoms with Gasteiger partial charge in [-0.25, -0.2) is 4.98 Å². The number of hydrogen-bond acceptors (Lipinski definition) is 0. The van der Waals surface area contributed by atoms with E-state index in [4.69, 9.17) is 0 Å². The molecule has 1 aromatic heterocycles. The molecular weight excluding hydrogens is 385 g/mol. The molecule has 0 amide bonds. The number of pyridine rings is 1.